The van der Waals surface area contributed by atoms with Gasteiger partial charge in [-0.2, -0.15) is 0 Å². The van der Waals surface area contributed by atoms with Crippen molar-refractivity contribution < 1.29 is 9.48 Å². The van der Waals surface area contributed by atoms with Crippen LogP contribution in [-0.4, -0.2) is 24.6 Å². The van der Waals surface area contributed by atoms with Gasteiger partial charge in [-0.3, -0.25) is 0 Å². The van der Waals surface area contributed by atoms with E-state index < -0.39 is 0 Å². The smallest absolute Gasteiger partial charge is 0.191 e. The van der Waals surface area contributed by atoms with Crippen LogP contribution in [0.3, 0.4) is 0 Å². The molecule has 15 heavy (non-hydrogen) atoms. The predicted molar refractivity (Wildman–Crippen MR) is 61.8 cm³/mol. The zero-order valence-corrected chi connectivity index (χ0v) is 9.92. The molecule has 0 saturated carbocycles. The molecule has 1 aromatic rings. The molecule has 82 valence electrons. The molecular formula is C12H17NO2. The molecule has 0 amide bonds. The lowest BCUT2D eigenvalue weighted by atomic mass is 10.0. The summed E-state index contributed by atoms with van der Waals surface area (Å²) in [6.07, 6.45) is 0. The first-order valence-corrected chi connectivity index (χ1v) is 4.87. The summed E-state index contributed by atoms with van der Waals surface area (Å²) in [4.78, 5) is 0. The average molecular weight is 207 g/mol. The fraction of sp³-hybridized carbons (Fsp3) is 0.417. The maximum Gasteiger partial charge on any atom is 0.191 e. The maximum atomic E-state index is 11.2. The third-order valence-electron chi connectivity index (χ3n) is 2.55. The van der Waals surface area contributed by atoms with Gasteiger partial charge in [-0.1, -0.05) is 0 Å². The normalized spacial score (nSPS) is 12.3. The highest BCUT2D eigenvalue weighted by Gasteiger charge is 2.10. The second-order valence-electron chi connectivity index (χ2n) is 3.73. The largest absolute Gasteiger partial charge is 0.624 e. The molecule has 3 heteroatoms. The SMILES string of the molecule is COc1c(C)cc(/C(C)=[N+](\C)[O-])cc1C. The first-order valence-electron chi connectivity index (χ1n) is 4.87. The quantitative estimate of drug-likeness (QED) is 0.323. The molecular weight excluding hydrogens is 190 g/mol. The molecule has 1 aromatic carbocycles. The van der Waals surface area contributed by atoms with Crippen molar-refractivity contribution in [1.82, 2.24) is 0 Å². The Labute approximate surface area is 90.6 Å². The number of methoxy groups -OCH3 is 1. The van der Waals surface area contributed by atoms with Crippen LogP contribution in [0, 0.1) is 19.1 Å². The molecule has 0 unspecified atom stereocenters. The molecule has 0 aromatic heterocycles. The Morgan fingerprint density at radius 2 is 1.73 bits per heavy atom. The molecule has 0 heterocycles. The summed E-state index contributed by atoms with van der Waals surface area (Å²) in [7, 11) is 3.16. The zero-order chi connectivity index (χ0) is 11.6. The van der Waals surface area contributed by atoms with Gasteiger partial charge in [-0.05, 0) is 37.1 Å². The third kappa shape index (κ3) is 2.29. The molecule has 0 N–H and O–H groups in total. The van der Waals surface area contributed by atoms with Crippen LogP contribution in [0.5, 0.6) is 5.75 Å². The number of hydrogen-bond donors (Lipinski definition) is 0. The van der Waals surface area contributed by atoms with E-state index in [2.05, 4.69) is 0 Å². The summed E-state index contributed by atoms with van der Waals surface area (Å²) in [5.41, 5.74) is 3.76. The lowest BCUT2D eigenvalue weighted by molar-refractivity contribution is -0.422. The van der Waals surface area contributed by atoms with Crippen molar-refractivity contribution in [3.05, 3.63) is 34.0 Å². The molecule has 0 aliphatic rings. The van der Waals surface area contributed by atoms with E-state index in [1.54, 1.807) is 7.11 Å². The van der Waals surface area contributed by atoms with Crippen LogP contribution in [0.15, 0.2) is 12.1 Å². The van der Waals surface area contributed by atoms with E-state index in [-0.39, 0.29) is 0 Å². The number of hydroxylamine groups is 1. The van der Waals surface area contributed by atoms with Crippen LogP contribution in [-0.2, 0) is 0 Å². The van der Waals surface area contributed by atoms with Crippen molar-refractivity contribution in [2.24, 2.45) is 0 Å². The van der Waals surface area contributed by atoms with Gasteiger partial charge in [0.25, 0.3) is 0 Å². The van der Waals surface area contributed by atoms with Crippen molar-refractivity contribution in [3.63, 3.8) is 0 Å². The lowest BCUT2D eigenvalue weighted by Crippen LogP contribution is -2.10. The van der Waals surface area contributed by atoms with Crippen LogP contribution in [0.4, 0.5) is 0 Å². The van der Waals surface area contributed by atoms with Gasteiger partial charge >= 0.3 is 0 Å². The molecule has 3 nitrogen and oxygen atoms in total. The molecule has 0 atom stereocenters. The Morgan fingerprint density at radius 3 is 2.07 bits per heavy atom. The minimum absolute atomic E-state index is 0.712. The maximum absolute atomic E-state index is 11.2. The van der Waals surface area contributed by atoms with Gasteiger partial charge in [0.05, 0.1) is 7.11 Å². The Hall–Kier alpha value is -1.51. The minimum Gasteiger partial charge on any atom is -0.624 e. The van der Waals surface area contributed by atoms with E-state index >= 15 is 0 Å². The van der Waals surface area contributed by atoms with Gasteiger partial charge in [-0.15, -0.1) is 0 Å². The van der Waals surface area contributed by atoms with Gasteiger partial charge in [-0.25, -0.2) is 4.74 Å². The summed E-state index contributed by atoms with van der Waals surface area (Å²) < 4.78 is 6.15. The van der Waals surface area contributed by atoms with Crippen LogP contribution in [0.25, 0.3) is 0 Å². The van der Waals surface area contributed by atoms with Crippen molar-refractivity contribution in [3.8, 4) is 5.75 Å². The van der Waals surface area contributed by atoms with Crippen molar-refractivity contribution in [1.29, 1.82) is 0 Å². The summed E-state index contributed by atoms with van der Waals surface area (Å²) in [5.74, 6) is 0.889. The van der Waals surface area contributed by atoms with Crippen molar-refractivity contribution in [2.75, 3.05) is 14.2 Å². The second kappa shape index (κ2) is 4.34. The van der Waals surface area contributed by atoms with E-state index in [0.717, 1.165) is 27.2 Å². The molecule has 0 bridgehead atoms. The Morgan fingerprint density at radius 1 is 1.27 bits per heavy atom. The highest BCUT2D eigenvalue weighted by Crippen LogP contribution is 2.24. The topological polar surface area (TPSA) is 35.3 Å². The summed E-state index contributed by atoms with van der Waals surface area (Å²) in [5, 5.41) is 11.2. The van der Waals surface area contributed by atoms with E-state index in [1.165, 1.54) is 7.05 Å². The highest BCUT2D eigenvalue weighted by atomic mass is 16.5. The number of rotatable bonds is 2. The van der Waals surface area contributed by atoms with Gasteiger partial charge in [0.2, 0.25) is 0 Å². The summed E-state index contributed by atoms with van der Waals surface area (Å²) in [6.45, 7) is 5.77. The number of hydrogen-bond acceptors (Lipinski definition) is 2. The number of ether oxygens (including phenoxy) is 1. The van der Waals surface area contributed by atoms with Crippen molar-refractivity contribution >= 4 is 5.71 Å². The molecule has 1 rings (SSSR count). The molecule has 0 fully saturated rings. The number of benzene rings is 1. The molecule has 0 radical (unpaired) electrons. The number of aryl methyl sites for hydroxylation is 2. The summed E-state index contributed by atoms with van der Waals surface area (Å²) >= 11 is 0. The first kappa shape index (κ1) is 11.6. The fourth-order valence-electron chi connectivity index (χ4n) is 1.66. The van der Waals surface area contributed by atoms with Gasteiger partial charge in [0.1, 0.15) is 12.8 Å². The third-order valence-corrected chi connectivity index (χ3v) is 2.55. The highest BCUT2D eigenvalue weighted by molar-refractivity contribution is 5.95. The zero-order valence-electron chi connectivity index (χ0n) is 9.92. The monoisotopic (exact) mass is 207 g/mol. The van der Waals surface area contributed by atoms with Crippen LogP contribution in [0.2, 0.25) is 0 Å². The standard InChI is InChI=1S/C12H17NO2/c1-8-6-11(10(3)13(4)14)7-9(2)12(8)15-5/h6-7H,1-5H3/b13-10+. The average Bonchev–Trinajstić information content (AvgIpc) is 2.15. The summed E-state index contributed by atoms with van der Waals surface area (Å²) in [6, 6.07) is 3.94. The first-order chi connectivity index (χ1) is 6.97. The molecule has 0 saturated heterocycles. The fourth-order valence-corrected chi connectivity index (χ4v) is 1.66. The Bertz CT molecular complexity index is 381. The van der Waals surface area contributed by atoms with Crippen LogP contribution in [0.1, 0.15) is 23.6 Å². The predicted octanol–water partition coefficient (Wildman–Crippen LogP) is 2.26. The molecule has 0 aliphatic carbocycles. The van der Waals surface area contributed by atoms with E-state index in [4.69, 9.17) is 4.74 Å². The minimum atomic E-state index is 0.712. The number of nitrogens with zero attached hydrogens (tertiary/aromatic N) is 1. The Kier molecular flexibility index (Phi) is 3.35. The lowest BCUT2D eigenvalue weighted by Gasteiger charge is -2.11. The van der Waals surface area contributed by atoms with Crippen molar-refractivity contribution in [2.45, 2.75) is 20.8 Å². The van der Waals surface area contributed by atoms with Gasteiger partial charge < -0.3 is 9.94 Å². The molecule has 0 aliphatic heterocycles. The van der Waals surface area contributed by atoms with Crippen LogP contribution >= 0.6 is 0 Å². The molecule has 0 spiro atoms. The van der Waals surface area contributed by atoms with E-state index in [0.29, 0.717) is 5.71 Å². The van der Waals surface area contributed by atoms with Gasteiger partial charge in [0.15, 0.2) is 5.71 Å². The second-order valence-corrected chi connectivity index (χ2v) is 3.73. The van der Waals surface area contributed by atoms with E-state index in [1.807, 2.05) is 32.9 Å². The van der Waals surface area contributed by atoms with Crippen LogP contribution < -0.4 is 4.74 Å². The van der Waals surface area contributed by atoms with Gasteiger partial charge in [0, 0.05) is 12.5 Å². The van der Waals surface area contributed by atoms with E-state index in [9.17, 15) is 5.21 Å². The Balaban J connectivity index is 3.32.